The van der Waals surface area contributed by atoms with Crippen LogP contribution < -0.4 is 19.5 Å². The van der Waals surface area contributed by atoms with E-state index in [1.54, 1.807) is 48.6 Å². The number of allylic oxidation sites excluding steroid dienone is 2. The van der Waals surface area contributed by atoms with Crippen molar-refractivity contribution in [2.45, 2.75) is 11.7 Å². The minimum absolute atomic E-state index is 0.126. The van der Waals surface area contributed by atoms with Gasteiger partial charge in [0.05, 0.1) is 27.1 Å². The van der Waals surface area contributed by atoms with Gasteiger partial charge in [-0.2, -0.15) is 0 Å². The standard InChI is InChI=1S/C33H31N5O5S/c1-5-16-38-32(25-19-34-26-9-7-6-8-24(25)26)36-37-33(38)44-20-30(40)35-23-13-11-22(12-14-23)27(39)15-10-21-17-28(41-2)31(43-4)29(18-21)42-3/h5-15,17-19,34H,1,16,20H2,2-4H3,(H,35,40)/b15-10+. The quantitative estimate of drug-likeness (QED) is 0.0694. The monoisotopic (exact) mass is 609 g/mol. The second kappa shape index (κ2) is 13.8. The lowest BCUT2D eigenvalue weighted by molar-refractivity contribution is -0.113. The first kappa shape index (κ1) is 30.2. The summed E-state index contributed by atoms with van der Waals surface area (Å²) in [6.45, 7) is 4.36. The van der Waals surface area contributed by atoms with E-state index in [2.05, 4.69) is 27.1 Å². The Bertz CT molecular complexity index is 1820. The van der Waals surface area contributed by atoms with Crippen LogP contribution in [-0.2, 0) is 11.3 Å². The fourth-order valence-corrected chi connectivity index (χ4v) is 5.40. The highest BCUT2D eigenvalue weighted by molar-refractivity contribution is 7.99. The van der Waals surface area contributed by atoms with Crippen LogP contribution in [-0.4, -0.2) is 58.5 Å². The minimum Gasteiger partial charge on any atom is -0.493 e. The zero-order valence-corrected chi connectivity index (χ0v) is 25.3. The average molecular weight is 610 g/mol. The van der Waals surface area contributed by atoms with E-state index in [-0.39, 0.29) is 17.4 Å². The molecule has 0 fully saturated rings. The SMILES string of the molecule is C=CCn1c(SCC(=O)Nc2ccc(C(=O)/C=C/c3cc(OC)c(OC)c(OC)c3)cc2)nnc1-c1c[nH]c2ccccc12. The molecule has 44 heavy (non-hydrogen) atoms. The van der Waals surface area contributed by atoms with Crippen LogP contribution in [0.1, 0.15) is 15.9 Å². The molecule has 0 bridgehead atoms. The van der Waals surface area contributed by atoms with Gasteiger partial charge in [-0.1, -0.05) is 42.1 Å². The first-order valence-electron chi connectivity index (χ1n) is 13.6. The Morgan fingerprint density at radius 1 is 1.00 bits per heavy atom. The first-order chi connectivity index (χ1) is 21.4. The third-order valence-electron chi connectivity index (χ3n) is 6.76. The number of fused-ring (bicyclic) bond motifs is 1. The molecule has 0 radical (unpaired) electrons. The van der Waals surface area contributed by atoms with E-state index in [9.17, 15) is 9.59 Å². The molecule has 0 atom stereocenters. The number of ketones is 1. The summed E-state index contributed by atoms with van der Waals surface area (Å²) in [6, 6.07) is 18.2. The van der Waals surface area contributed by atoms with E-state index in [1.807, 2.05) is 35.0 Å². The van der Waals surface area contributed by atoms with E-state index in [0.29, 0.717) is 51.6 Å². The van der Waals surface area contributed by atoms with Crippen molar-refractivity contribution < 1.29 is 23.8 Å². The molecule has 0 aliphatic carbocycles. The summed E-state index contributed by atoms with van der Waals surface area (Å²) in [7, 11) is 4.60. The molecule has 0 aliphatic rings. The summed E-state index contributed by atoms with van der Waals surface area (Å²) in [5, 5.41) is 13.3. The second-order valence-corrected chi connectivity index (χ2v) is 10.5. The van der Waals surface area contributed by atoms with Crippen LogP contribution in [0, 0.1) is 0 Å². The minimum atomic E-state index is -0.210. The number of methoxy groups -OCH3 is 3. The number of aromatic amines is 1. The maximum absolute atomic E-state index is 12.8. The molecule has 2 heterocycles. The highest BCUT2D eigenvalue weighted by atomic mass is 32.2. The summed E-state index contributed by atoms with van der Waals surface area (Å²) in [5.74, 6) is 1.88. The smallest absolute Gasteiger partial charge is 0.234 e. The van der Waals surface area contributed by atoms with Gasteiger partial charge in [0.15, 0.2) is 28.3 Å². The number of anilines is 1. The van der Waals surface area contributed by atoms with Crippen molar-refractivity contribution in [3.63, 3.8) is 0 Å². The first-order valence-corrected chi connectivity index (χ1v) is 14.6. The Balaban J connectivity index is 1.21. The summed E-state index contributed by atoms with van der Waals surface area (Å²) in [5.41, 5.74) is 3.70. The summed E-state index contributed by atoms with van der Waals surface area (Å²) in [6.07, 6.45) is 6.82. The molecule has 0 aliphatic heterocycles. The van der Waals surface area contributed by atoms with Crippen molar-refractivity contribution in [2.24, 2.45) is 0 Å². The van der Waals surface area contributed by atoms with Crippen LogP contribution in [0.2, 0.25) is 0 Å². The fourth-order valence-electron chi connectivity index (χ4n) is 4.66. The molecule has 10 nitrogen and oxygen atoms in total. The zero-order valence-electron chi connectivity index (χ0n) is 24.5. The third kappa shape index (κ3) is 6.52. The van der Waals surface area contributed by atoms with Gasteiger partial charge in [0.25, 0.3) is 0 Å². The highest BCUT2D eigenvalue weighted by Gasteiger charge is 2.18. The van der Waals surface area contributed by atoms with Crippen molar-refractivity contribution in [3.05, 3.63) is 96.7 Å². The molecule has 3 aromatic carbocycles. The Kier molecular flexibility index (Phi) is 9.46. The van der Waals surface area contributed by atoms with Crippen molar-refractivity contribution in [1.82, 2.24) is 19.7 Å². The zero-order chi connectivity index (χ0) is 31.1. The largest absolute Gasteiger partial charge is 0.493 e. The molecule has 11 heteroatoms. The Morgan fingerprint density at radius 3 is 2.41 bits per heavy atom. The topological polar surface area (TPSA) is 120 Å². The van der Waals surface area contributed by atoms with Crippen LogP contribution in [0.5, 0.6) is 17.2 Å². The van der Waals surface area contributed by atoms with Gasteiger partial charge in [-0.25, -0.2) is 0 Å². The third-order valence-corrected chi connectivity index (χ3v) is 7.73. The predicted octanol–water partition coefficient (Wildman–Crippen LogP) is 6.27. The second-order valence-electron chi connectivity index (χ2n) is 9.52. The molecule has 0 spiro atoms. The molecule has 0 saturated heterocycles. The van der Waals surface area contributed by atoms with E-state index in [1.165, 1.54) is 39.2 Å². The molecule has 2 aromatic heterocycles. The number of hydrogen-bond donors (Lipinski definition) is 2. The summed E-state index contributed by atoms with van der Waals surface area (Å²) in [4.78, 5) is 28.8. The van der Waals surface area contributed by atoms with E-state index in [0.717, 1.165) is 16.5 Å². The van der Waals surface area contributed by atoms with Crippen molar-refractivity contribution >= 4 is 46.1 Å². The number of hydrogen-bond acceptors (Lipinski definition) is 8. The van der Waals surface area contributed by atoms with Gasteiger partial charge in [0.2, 0.25) is 11.7 Å². The van der Waals surface area contributed by atoms with Crippen molar-refractivity contribution in [2.75, 3.05) is 32.4 Å². The van der Waals surface area contributed by atoms with Crippen molar-refractivity contribution in [3.8, 4) is 28.6 Å². The van der Waals surface area contributed by atoms with Gasteiger partial charge in [-0.05, 0) is 54.1 Å². The predicted molar refractivity (Wildman–Crippen MR) is 173 cm³/mol. The molecule has 5 rings (SSSR count). The van der Waals surface area contributed by atoms with Gasteiger partial charge in [0.1, 0.15) is 0 Å². The van der Waals surface area contributed by atoms with Gasteiger partial charge >= 0.3 is 0 Å². The molecule has 224 valence electrons. The molecule has 0 unspecified atom stereocenters. The lowest BCUT2D eigenvalue weighted by atomic mass is 10.1. The number of rotatable bonds is 13. The van der Waals surface area contributed by atoms with Gasteiger partial charge in [0, 0.05) is 40.5 Å². The van der Waals surface area contributed by atoms with Crippen LogP contribution in [0.15, 0.2) is 90.7 Å². The normalized spacial score (nSPS) is 11.1. The Hall–Kier alpha value is -5.29. The number of carbonyl (C=O) groups is 2. The van der Waals surface area contributed by atoms with E-state index in [4.69, 9.17) is 14.2 Å². The number of carbonyl (C=O) groups excluding carboxylic acids is 2. The number of para-hydroxylation sites is 1. The van der Waals surface area contributed by atoms with Crippen LogP contribution >= 0.6 is 11.8 Å². The van der Waals surface area contributed by atoms with Gasteiger partial charge in [-0.15, -0.1) is 16.8 Å². The molecule has 2 N–H and O–H groups in total. The molecule has 0 saturated carbocycles. The number of ether oxygens (including phenoxy) is 3. The van der Waals surface area contributed by atoms with E-state index >= 15 is 0 Å². The lowest BCUT2D eigenvalue weighted by Gasteiger charge is -2.12. The van der Waals surface area contributed by atoms with Crippen molar-refractivity contribution in [1.29, 1.82) is 0 Å². The number of H-pyrrole nitrogens is 1. The lowest BCUT2D eigenvalue weighted by Crippen LogP contribution is -2.14. The highest BCUT2D eigenvalue weighted by Crippen LogP contribution is 2.38. The number of nitrogens with zero attached hydrogens (tertiary/aromatic N) is 3. The van der Waals surface area contributed by atoms with Crippen LogP contribution in [0.3, 0.4) is 0 Å². The number of benzene rings is 3. The molecule has 5 aromatic rings. The summed E-state index contributed by atoms with van der Waals surface area (Å²) >= 11 is 1.29. The average Bonchev–Trinajstić information content (AvgIpc) is 3.66. The van der Waals surface area contributed by atoms with Crippen LogP contribution in [0.4, 0.5) is 5.69 Å². The Morgan fingerprint density at radius 2 is 1.73 bits per heavy atom. The maximum Gasteiger partial charge on any atom is 0.234 e. The van der Waals surface area contributed by atoms with E-state index < -0.39 is 0 Å². The Labute approximate surface area is 258 Å². The summed E-state index contributed by atoms with van der Waals surface area (Å²) < 4.78 is 18.0. The molecular formula is C33H31N5O5S. The fraction of sp³-hybridized carbons (Fsp3) is 0.152. The molecular weight excluding hydrogens is 578 g/mol. The van der Waals surface area contributed by atoms with Crippen LogP contribution in [0.25, 0.3) is 28.4 Å². The number of aromatic nitrogens is 4. The molecule has 1 amide bonds. The van der Waals surface area contributed by atoms with Gasteiger partial charge in [-0.3, -0.25) is 14.2 Å². The number of nitrogens with one attached hydrogen (secondary N) is 2. The number of amides is 1. The maximum atomic E-state index is 12.8. The number of thioether (sulfide) groups is 1. The van der Waals surface area contributed by atoms with Gasteiger partial charge < -0.3 is 24.5 Å².